The smallest absolute Gasteiger partial charge is 0.333 e. The minimum Gasteiger partial charge on any atom is -0.451 e. The summed E-state index contributed by atoms with van der Waals surface area (Å²) in [7, 11) is 0. The van der Waals surface area contributed by atoms with Gasteiger partial charge >= 0.3 is 5.97 Å². The quantitative estimate of drug-likeness (QED) is 0.0426. The first-order valence-electron chi connectivity index (χ1n) is 29.9. The van der Waals surface area contributed by atoms with Crippen molar-refractivity contribution in [1.29, 1.82) is 0 Å². The predicted molar refractivity (Wildman–Crippen MR) is 287 cm³/mol. The molecule has 0 aromatic rings. The van der Waals surface area contributed by atoms with Crippen LogP contribution < -0.4 is 0 Å². The fraction of sp³-hybridized carbons (Fsp3) is 0.915. The number of rotatable bonds is 14. The molecule has 4 saturated carbocycles. The highest BCUT2D eigenvalue weighted by molar-refractivity contribution is 5.87. The molecule has 24 nitrogen and oxygen atoms in total. The van der Waals surface area contributed by atoms with Gasteiger partial charge in [-0.05, 0) is 117 Å². The number of aliphatic hydroxyl groups excluding tert-OH is 14. The van der Waals surface area contributed by atoms with Crippen LogP contribution in [0.25, 0.3) is 0 Å². The van der Waals surface area contributed by atoms with Gasteiger partial charge in [0.05, 0.1) is 50.8 Å². The summed E-state index contributed by atoms with van der Waals surface area (Å²) in [5, 5.41) is 153. The number of allylic oxidation sites excluding steroid dienone is 3. The number of carbonyl (C=O) groups excluding carboxylic acids is 1. The number of hydrogen-bond donors (Lipinski definition) is 14. The van der Waals surface area contributed by atoms with Crippen molar-refractivity contribution < 1.29 is 119 Å². The Morgan fingerprint density at radius 3 is 1.86 bits per heavy atom. The number of ether oxygens (including phenoxy) is 9. The van der Waals surface area contributed by atoms with Gasteiger partial charge in [0, 0.05) is 11.0 Å². The molecule has 9 aliphatic rings. The van der Waals surface area contributed by atoms with Crippen LogP contribution in [-0.4, -0.2) is 245 Å². The maximum absolute atomic E-state index is 13.3. The van der Waals surface area contributed by atoms with Gasteiger partial charge in [-0.2, -0.15) is 0 Å². The number of fused-ring (bicyclic) bond motifs is 7. The minimum atomic E-state index is -1.77. The van der Waals surface area contributed by atoms with Gasteiger partial charge in [0.25, 0.3) is 0 Å². The molecule has 0 unspecified atom stereocenters. The molecule has 5 aliphatic carbocycles. The molecule has 24 heteroatoms. The lowest BCUT2D eigenvalue weighted by atomic mass is 9.33. The van der Waals surface area contributed by atoms with Crippen LogP contribution in [-0.2, 0) is 47.4 Å². The van der Waals surface area contributed by atoms with Crippen LogP contribution in [0.1, 0.15) is 121 Å². The summed E-state index contributed by atoms with van der Waals surface area (Å²) in [6.07, 6.45) is -25.0. The largest absolute Gasteiger partial charge is 0.451 e. The first-order valence-corrected chi connectivity index (χ1v) is 29.9. The van der Waals surface area contributed by atoms with E-state index in [-0.39, 0.29) is 40.8 Å². The van der Waals surface area contributed by atoms with Crippen LogP contribution in [0.3, 0.4) is 0 Å². The van der Waals surface area contributed by atoms with E-state index in [9.17, 15) is 76.3 Å². The van der Waals surface area contributed by atoms with Crippen LogP contribution in [0.5, 0.6) is 0 Å². The lowest BCUT2D eigenvalue weighted by Gasteiger charge is -2.72. The Bertz CT molecular complexity index is 2340. The van der Waals surface area contributed by atoms with E-state index in [1.165, 1.54) is 12.5 Å². The number of hydrogen-bond acceptors (Lipinski definition) is 24. The van der Waals surface area contributed by atoms with Crippen LogP contribution in [0.15, 0.2) is 23.3 Å². The number of carbonyl (C=O) groups is 1. The van der Waals surface area contributed by atoms with Gasteiger partial charge in [-0.1, -0.05) is 66.2 Å². The van der Waals surface area contributed by atoms with Crippen LogP contribution in [0, 0.1) is 50.2 Å². The molecule has 83 heavy (non-hydrogen) atoms. The highest BCUT2D eigenvalue weighted by atomic mass is 16.8. The normalized spacial score (nSPS) is 52.5. The monoisotopic (exact) mass is 1190 g/mol. The van der Waals surface area contributed by atoms with Crippen molar-refractivity contribution in [3.05, 3.63) is 23.3 Å². The Balaban J connectivity index is 0.965. The second kappa shape index (κ2) is 24.1. The molecule has 9 rings (SSSR count). The van der Waals surface area contributed by atoms with Gasteiger partial charge in [-0.3, -0.25) is 0 Å². The van der Waals surface area contributed by atoms with E-state index in [1.807, 2.05) is 13.8 Å². The molecule has 0 bridgehead atoms. The molecule has 4 heterocycles. The Morgan fingerprint density at radius 1 is 0.614 bits per heavy atom. The highest BCUT2D eigenvalue weighted by Crippen LogP contribution is 2.76. The summed E-state index contributed by atoms with van der Waals surface area (Å²) in [5.74, 6) is -0.866. The third kappa shape index (κ3) is 11.0. The zero-order chi connectivity index (χ0) is 61.0. The summed E-state index contributed by atoms with van der Waals surface area (Å²) >= 11 is 0. The maximum atomic E-state index is 13.3. The number of aliphatic hydroxyl groups is 14. The topological polar surface area (TPSA) is 383 Å². The van der Waals surface area contributed by atoms with E-state index in [0.717, 1.165) is 19.3 Å². The molecule has 476 valence electrons. The lowest BCUT2D eigenvalue weighted by molar-refractivity contribution is -0.369. The molecular weight excluding hydrogens is 1090 g/mol. The van der Waals surface area contributed by atoms with Gasteiger partial charge in [0.2, 0.25) is 0 Å². The standard InChI is InChI=1S/C59H96O24/c1-11-25(2)49(74)82-46-42(69)38(65)31(23-75-50-43(70)40(67)36(63)29(21-60)78-50)80-53(46)81-34-15-16-56(8)32(55(34,6)7)14-17-58(10)33(56)13-12-27-28-20-54(4,5)47(72)48(73)59(28,19-18-57(27,58)9)24-76-52-45(41(68)37(64)30(22-61)79-52)83-51-44(71)39(66)35(62)26(3)77-51/h11-12,26,28-48,50-53,60-73H,13-24H2,1-10H3/b25-11-/t26-,28-,29+,30+,31+,32-,33+,34-,35-,36+,37+,38+,39+,40-,41-,42-,43+,44+,45+,46+,47-,48-,50+,51-,52+,53-,56-,57+,58+,59-/m0/s1. The van der Waals surface area contributed by atoms with Crippen LogP contribution in [0.4, 0.5) is 0 Å². The third-order valence-electron chi connectivity index (χ3n) is 22.7. The molecule has 0 radical (unpaired) electrons. The van der Waals surface area contributed by atoms with Crippen molar-refractivity contribution in [1.82, 2.24) is 0 Å². The van der Waals surface area contributed by atoms with Crippen molar-refractivity contribution in [2.45, 2.75) is 262 Å². The summed E-state index contributed by atoms with van der Waals surface area (Å²) in [4.78, 5) is 13.3. The van der Waals surface area contributed by atoms with Gasteiger partial charge in [-0.25, -0.2) is 4.79 Å². The molecule has 0 amide bonds. The zero-order valence-corrected chi connectivity index (χ0v) is 49.5. The van der Waals surface area contributed by atoms with Crippen molar-refractivity contribution in [3.8, 4) is 0 Å². The van der Waals surface area contributed by atoms with Crippen LogP contribution in [0.2, 0.25) is 0 Å². The van der Waals surface area contributed by atoms with E-state index in [1.54, 1.807) is 19.9 Å². The maximum Gasteiger partial charge on any atom is 0.333 e. The summed E-state index contributed by atoms with van der Waals surface area (Å²) in [6, 6.07) is 0. The molecule has 30 atom stereocenters. The second-order valence-electron chi connectivity index (χ2n) is 27.8. The fourth-order valence-electron chi connectivity index (χ4n) is 17.0. The SMILES string of the molecule is C/C=C(/C)C(=O)O[C@H]1[C@H](O[C@H]2CC[C@]3(C)[C@H]4CC=C5[C@@H]6CC(C)(C)[C@@H](O)[C@H](O)[C@]6(CO[C@@H]6O[C@H](CO)[C@@H](O)[C@H](O)[C@H]6O[C@@H]6O[C@@H](C)[C@H](O)[C@@H](O)[C@H]6O)CC[C@@]5(C)[C@]4(C)CC[C@H]3C2(C)C)O[C@H](CO[C@@H]2O[C@H](CO)[C@@H](O)[C@H](O)[C@H]2O)[C@@H](O)[C@@H]1O. The molecule has 4 aliphatic heterocycles. The van der Waals surface area contributed by atoms with Gasteiger partial charge in [-0.15, -0.1) is 0 Å². The first-order chi connectivity index (χ1) is 38.8. The van der Waals surface area contributed by atoms with Gasteiger partial charge in [0.15, 0.2) is 31.3 Å². The summed E-state index contributed by atoms with van der Waals surface area (Å²) < 4.78 is 54.9. The Labute approximate surface area is 485 Å². The third-order valence-corrected chi connectivity index (χ3v) is 22.7. The first kappa shape index (κ1) is 65.5. The van der Waals surface area contributed by atoms with Crippen molar-refractivity contribution in [2.75, 3.05) is 26.4 Å². The fourth-order valence-corrected chi connectivity index (χ4v) is 17.0. The lowest BCUT2D eigenvalue weighted by Crippen LogP contribution is -2.69. The van der Waals surface area contributed by atoms with Crippen molar-refractivity contribution >= 4 is 5.97 Å². The molecule has 14 N–H and O–H groups in total. The molecule has 4 saturated heterocycles. The minimum absolute atomic E-state index is 0.0710. The van der Waals surface area contributed by atoms with Gasteiger partial charge in [0.1, 0.15) is 85.5 Å². The van der Waals surface area contributed by atoms with Crippen LogP contribution >= 0.6 is 0 Å². The molecule has 0 aromatic heterocycles. The molecule has 0 aromatic carbocycles. The highest BCUT2D eigenvalue weighted by Gasteiger charge is 2.71. The van der Waals surface area contributed by atoms with Crippen molar-refractivity contribution in [3.63, 3.8) is 0 Å². The van der Waals surface area contributed by atoms with Crippen molar-refractivity contribution in [2.24, 2.45) is 50.2 Å². The number of esters is 1. The molecule has 8 fully saturated rings. The molecular formula is C59H96O24. The Hall–Kier alpha value is -1.93. The molecule has 0 spiro atoms. The summed E-state index contributed by atoms with van der Waals surface area (Å²) in [6.45, 7) is 17.8. The van der Waals surface area contributed by atoms with E-state index in [0.29, 0.717) is 32.1 Å². The zero-order valence-electron chi connectivity index (χ0n) is 49.5. The average Bonchev–Trinajstić information content (AvgIpc) is 0.744. The average molecular weight is 1190 g/mol. The van der Waals surface area contributed by atoms with Gasteiger partial charge < -0.3 is 114 Å². The Kier molecular flexibility index (Phi) is 19.0. The second-order valence-corrected chi connectivity index (χ2v) is 27.8. The Morgan fingerprint density at radius 2 is 1.20 bits per heavy atom. The van der Waals surface area contributed by atoms with E-state index in [4.69, 9.17) is 42.6 Å². The summed E-state index contributed by atoms with van der Waals surface area (Å²) in [5.41, 5.74) is -1.98. The van der Waals surface area contributed by atoms with E-state index < -0.39 is 189 Å². The van der Waals surface area contributed by atoms with E-state index >= 15 is 0 Å². The van der Waals surface area contributed by atoms with E-state index in [2.05, 4.69) is 40.7 Å². The predicted octanol–water partition coefficient (Wildman–Crippen LogP) is -1.08.